The zero-order chi connectivity index (χ0) is 15.2. The number of carbonyl (C=O) groups excluding carboxylic acids is 1. The Morgan fingerprint density at radius 2 is 2.00 bits per heavy atom. The van der Waals surface area contributed by atoms with Gasteiger partial charge in [-0.05, 0) is 31.4 Å². The summed E-state index contributed by atoms with van der Waals surface area (Å²) in [6.45, 7) is 3.42. The molecule has 0 aliphatic rings. The van der Waals surface area contributed by atoms with Crippen LogP contribution in [-0.4, -0.2) is 22.5 Å². The van der Waals surface area contributed by atoms with Gasteiger partial charge in [0.15, 0.2) is 0 Å². The molecule has 4 N–H and O–H groups in total. The third-order valence-corrected chi connectivity index (χ3v) is 3.31. The van der Waals surface area contributed by atoms with Crippen LogP contribution >= 0.6 is 0 Å². The summed E-state index contributed by atoms with van der Waals surface area (Å²) in [5.41, 5.74) is 6.15. The lowest BCUT2D eigenvalue weighted by atomic mass is 9.96. The van der Waals surface area contributed by atoms with Crippen molar-refractivity contribution in [3.63, 3.8) is 0 Å². The van der Waals surface area contributed by atoms with E-state index in [0.29, 0.717) is 24.9 Å². The van der Waals surface area contributed by atoms with Crippen molar-refractivity contribution in [2.24, 2.45) is 0 Å². The molecule has 0 saturated carbocycles. The van der Waals surface area contributed by atoms with Crippen LogP contribution in [0.15, 0.2) is 24.3 Å². The highest BCUT2D eigenvalue weighted by atomic mass is 16.4. The molecule has 0 aliphatic carbocycles. The van der Waals surface area contributed by atoms with Crippen LogP contribution in [0, 0.1) is 0 Å². The first-order valence-corrected chi connectivity index (χ1v) is 6.77. The van der Waals surface area contributed by atoms with Gasteiger partial charge in [-0.15, -0.1) is 0 Å². The highest BCUT2D eigenvalue weighted by molar-refractivity contribution is 5.86. The molecule has 1 amide bonds. The van der Waals surface area contributed by atoms with Gasteiger partial charge < -0.3 is 16.2 Å². The lowest BCUT2D eigenvalue weighted by Crippen LogP contribution is -2.52. The van der Waals surface area contributed by atoms with Crippen molar-refractivity contribution in [2.75, 3.05) is 5.73 Å². The number of nitrogens with one attached hydrogen (secondary N) is 1. The monoisotopic (exact) mass is 278 g/mol. The van der Waals surface area contributed by atoms with Crippen LogP contribution in [0.1, 0.15) is 38.7 Å². The quantitative estimate of drug-likeness (QED) is 0.665. The Balaban J connectivity index is 2.59. The van der Waals surface area contributed by atoms with Crippen molar-refractivity contribution < 1.29 is 14.7 Å². The largest absolute Gasteiger partial charge is 0.480 e. The molecule has 0 heterocycles. The maximum Gasteiger partial charge on any atom is 0.329 e. The Kier molecular flexibility index (Phi) is 5.55. The predicted molar refractivity (Wildman–Crippen MR) is 78.3 cm³/mol. The lowest BCUT2D eigenvalue weighted by molar-refractivity contribution is -0.147. The van der Waals surface area contributed by atoms with Gasteiger partial charge in [-0.3, -0.25) is 4.79 Å². The first-order chi connectivity index (χ1) is 9.39. The summed E-state index contributed by atoms with van der Waals surface area (Å²) in [7, 11) is 0. The van der Waals surface area contributed by atoms with Crippen molar-refractivity contribution >= 4 is 17.6 Å². The number of hydrogen-bond donors (Lipinski definition) is 3. The first-order valence-electron chi connectivity index (χ1n) is 6.77. The fraction of sp³-hybridized carbons (Fsp3) is 0.467. The smallest absolute Gasteiger partial charge is 0.329 e. The number of amides is 1. The molecule has 0 aromatic heterocycles. The Morgan fingerprint density at radius 1 is 1.35 bits per heavy atom. The average Bonchev–Trinajstić information content (AvgIpc) is 2.38. The van der Waals surface area contributed by atoms with E-state index in [1.165, 1.54) is 6.92 Å². The maximum absolute atomic E-state index is 11.9. The highest BCUT2D eigenvalue weighted by Gasteiger charge is 2.33. The zero-order valence-electron chi connectivity index (χ0n) is 12.0. The molecule has 5 nitrogen and oxygen atoms in total. The number of hydrogen-bond acceptors (Lipinski definition) is 3. The van der Waals surface area contributed by atoms with Crippen LogP contribution < -0.4 is 11.1 Å². The molecule has 20 heavy (non-hydrogen) atoms. The maximum atomic E-state index is 11.9. The summed E-state index contributed by atoms with van der Waals surface area (Å²) in [6, 6.07) is 7.35. The first kappa shape index (κ1) is 16.0. The second-order valence-corrected chi connectivity index (χ2v) is 5.13. The summed E-state index contributed by atoms with van der Waals surface area (Å²) in [5.74, 6) is -1.28. The fourth-order valence-corrected chi connectivity index (χ4v) is 2.10. The van der Waals surface area contributed by atoms with Gasteiger partial charge >= 0.3 is 5.97 Å². The van der Waals surface area contributed by atoms with Gasteiger partial charge in [0.1, 0.15) is 5.54 Å². The summed E-state index contributed by atoms with van der Waals surface area (Å²) >= 11 is 0. The Hall–Kier alpha value is -2.04. The molecule has 5 heteroatoms. The number of aryl methyl sites for hydroxylation is 1. The summed E-state index contributed by atoms with van der Waals surface area (Å²) in [4.78, 5) is 23.1. The fourth-order valence-electron chi connectivity index (χ4n) is 2.10. The number of carboxylic acid groups (broad SMARTS) is 1. The molecule has 1 unspecified atom stereocenters. The molecule has 1 rings (SSSR count). The van der Waals surface area contributed by atoms with E-state index in [-0.39, 0.29) is 12.3 Å². The highest BCUT2D eigenvalue weighted by Crippen LogP contribution is 2.15. The van der Waals surface area contributed by atoms with Gasteiger partial charge in [-0.1, -0.05) is 31.5 Å². The van der Waals surface area contributed by atoms with Crippen molar-refractivity contribution in [2.45, 2.75) is 45.1 Å². The lowest BCUT2D eigenvalue weighted by Gasteiger charge is -2.25. The topological polar surface area (TPSA) is 92.4 Å². The molecular formula is C15H22N2O3. The molecule has 110 valence electrons. The third kappa shape index (κ3) is 4.26. The third-order valence-electron chi connectivity index (χ3n) is 3.31. The van der Waals surface area contributed by atoms with Crippen LogP contribution in [0.4, 0.5) is 5.69 Å². The van der Waals surface area contributed by atoms with Gasteiger partial charge in [-0.25, -0.2) is 4.79 Å². The van der Waals surface area contributed by atoms with E-state index in [9.17, 15) is 14.7 Å². The average molecular weight is 278 g/mol. The summed E-state index contributed by atoms with van der Waals surface area (Å²) in [5, 5.41) is 11.8. The minimum atomic E-state index is -1.20. The number of rotatable bonds is 7. The standard InChI is InChI=1S/C15H22N2O3/c1-3-10-15(2,14(19)20)17-13(18)9-8-11-6-4-5-7-12(11)16/h4-7H,3,8-10,16H2,1-2H3,(H,17,18)(H,19,20). The van der Waals surface area contributed by atoms with Gasteiger partial charge in [0.25, 0.3) is 0 Å². The molecule has 0 saturated heterocycles. The zero-order valence-corrected chi connectivity index (χ0v) is 12.0. The van der Waals surface area contributed by atoms with E-state index >= 15 is 0 Å². The van der Waals surface area contributed by atoms with Gasteiger partial charge in [0.2, 0.25) is 5.91 Å². The number of nitrogen functional groups attached to an aromatic ring is 1. The Labute approximate surface area is 119 Å². The van der Waals surface area contributed by atoms with E-state index in [2.05, 4.69) is 5.32 Å². The van der Waals surface area contributed by atoms with E-state index in [4.69, 9.17) is 5.73 Å². The SMILES string of the molecule is CCCC(C)(NC(=O)CCc1ccccc1N)C(=O)O. The number of carboxylic acids is 1. The van der Waals surface area contributed by atoms with Gasteiger partial charge in [-0.2, -0.15) is 0 Å². The molecular weight excluding hydrogens is 256 g/mol. The van der Waals surface area contributed by atoms with Crippen molar-refractivity contribution in [3.8, 4) is 0 Å². The van der Waals surface area contributed by atoms with Crippen molar-refractivity contribution in [1.29, 1.82) is 0 Å². The van der Waals surface area contributed by atoms with Gasteiger partial charge in [0, 0.05) is 12.1 Å². The predicted octanol–water partition coefficient (Wildman–Crippen LogP) is 1.96. The number of carbonyl (C=O) groups is 2. The second-order valence-electron chi connectivity index (χ2n) is 5.13. The van der Waals surface area contributed by atoms with E-state index in [0.717, 1.165) is 5.56 Å². The molecule has 0 radical (unpaired) electrons. The number of aliphatic carboxylic acids is 1. The van der Waals surface area contributed by atoms with E-state index < -0.39 is 11.5 Å². The molecule has 1 aromatic carbocycles. The molecule has 0 bridgehead atoms. The molecule has 1 atom stereocenters. The van der Waals surface area contributed by atoms with Gasteiger partial charge in [0.05, 0.1) is 0 Å². The number of nitrogens with two attached hydrogens (primary N) is 1. The second kappa shape index (κ2) is 6.93. The molecule has 0 fully saturated rings. The Morgan fingerprint density at radius 3 is 2.55 bits per heavy atom. The minimum Gasteiger partial charge on any atom is -0.480 e. The molecule has 0 aliphatic heterocycles. The molecule has 0 spiro atoms. The van der Waals surface area contributed by atoms with Crippen LogP contribution in [0.3, 0.4) is 0 Å². The van der Waals surface area contributed by atoms with Crippen molar-refractivity contribution in [1.82, 2.24) is 5.32 Å². The summed E-state index contributed by atoms with van der Waals surface area (Å²) in [6.07, 6.45) is 1.82. The number of anilines is 1. The Bertz CT molecular complexity index is 488. The minimum absolute atomic E-state index is 0.223. The van der Waals surface area contributed by atoms with Crippen LogP contribution in [0.2, 0.25) is 0 Å². The van der Waals surface area contributed by atoms with E-state index in [1.807, 2.05) is 25.1 Å². The number of benzene rings is 1. The van der Waals surface area contributed by atoms with Crippen molar-refractivity contribution in [3.05, 3.63) is 29.8 Å². The summed E-state index contributed by atoms with van der Waals surface area (Å²) < 4.78 is 0. The number of para-hydroxylation sites is 1. The van der Waals surface area contributed by atoms with Crippen LogP contribution in [0.5, 0.6) is 0 Å². The molecule has 1 aromatic rings. The normalized spacial score (nSPS) is 13.5. The van der Waals surface area contributed by atoms with Crippen LogP contribution in [-0.2, 0) is 16.0 Å². The van der Waals surface area contributed by atoms with E-state index in [1.54, 1.807) is 6.07 Å². The van der Waals surface area contributed by atoms with Crippen LogP contribution in [0.25, 0.3) is 0 Å².